The molecular weight excluding hydrogens is 314 g/mol. The van der Waals surface area contributed by atoms with E-state index in [1.54, 1.807) is 17.0 Å². The van der Waals surface area contributed by atoms with E-state index >= 15 is 0 Å². The Hall–Kier alpha value is -2.24. The lowest BCUT2D eigenvalue weighted by Gasteiger charge is -2.32. The zero-order valence-electron chi connectivity index (χ0n) is 14.8. The lowest BCUT2D eigenvalue weighted by Crippen LogP contribution is -3.18. The van der Waals surface area contributed by atoms with Crippen molar-refractivity contribution < 1.29 is 14.7 Å². The van der Waals surface area contributed by atoms with E-state index in [-0.39, 0.29) is 10.6 Å². The number of nitrogens with zero attached hydrogens (tertiary/aromatic N) is 1. The smallest absolute Gasteiger partial charge is 0.278 e. The van der Waals surface area contributed by atoms with Gasteiger partial charge in [-0.25, -0.2) is 0 Å². The van der Waals surface area contributed by atoms with E-state index in [1.165, 1.54) is 23.3 Å². The van der Waals surface area contributed by atoms with E-state index in [0.717, 1.165) is 31.7 Å². The molecule has 0 amide bonds. The van der Waals surface area contributed by atoms with E-state index in [0.29, 0.717) is 6.04 Å². The molecule has 132 valence electrons. The van der Waals surface area contributed by atoms with Crippen LogP contribution in [0.2, 0.25) is 0 Å². The van der Waals surface area contributed by atoms with Gasteiger partial charge in [-0.1, -0.05) is 42.5 Å². The zero-order valence-corrected chi connectivity index (χ0v) is 14.8. The molecule has 0 spiro atoms. The number of quaternary nitrogens is 2. The third kappa shape index (κ3) is 4.65. The maximum absolute atomic E-state index is 11.2. The summed E-state index contributed by atoms with van der Waals surface area (Å²) in [5.41, 5.74) is 2.49. The molecule has 0 aliphatic carbocycles. The van der Waals surface area contributed by atoms with Crippen molar-refractivity contribution in [1.82, 2.24) is 0 Å². The number of para-hydroxylation sites is 1. The topological polar surface area (TPSA) is 52.0 Å². The van der Waals surface area contributed by atoms with Gasteiger partial charge in [0, 0.05) is 24.5 Å². The van der Waals surface area contributed by atoms with Crippen LogP contribution in [0.4, 0.5) is 5.69 Å². The van der Waals surface area contributed by atoms with Crippen LogP contribution in [-0.2, 0) is 13.1 Å². The first-order chi connectivity index (χ1) is 12.1. The number of benzene rings is 2. The van der Waals surface area contributed by atoms with Crippen LogP contribution >= 0.6 is 0 Å². The molecule has 1 atom stereocenters. The highest BCUT2D eigenvalue weighted by Crippen LogP contribution is 2.16. The average Bonchev–Trinajstić information content (AvgIpc) is 2.63. The number of likely N-dealkylation sites (tertiary alicyclic amines) is 1. The lowest BCUT2D eigenvalue weighted by molar-refractivity contribution is -0.960. The molecule has 1 aliphatic rings. The summed E-state index contributed by atoms with van der Waals surface area (Å²) in [4.78, 5) is 13.9. The minimum Gasteiger partial charge on any atom is -0.331 e. The molecule has 3 rings (SSSR count). The van der Waals surface area contributed by atoms with Crippen LogP contribution in [0.15, 0.2) is 54.6 Å². The normalized spacial score (nSPS) is 21.6. The summed E-state index contributed by atoms with van der Waals surface area (Å²) in [5.74, 6) is 0. The molecule has 1 heterocycles. The van der Waals surface area contributed by atoms with Gasteiger partial charge >= 0.3 is 0 Å². The summed E-state index contributed by atoms with van der Waals surface area (Å²) >= 11 is 0. The minimum absolute atomic E-state index is 0.254. The molecule has 5 nitrogen and oxygen atoms in total. The summed E-state index contributed by atoms with van der Waals surface area (Å²) in [7, 11) is 2.28. The Kier molecular flexibility index (Phi) is 5.79. The molecule has 0 bridgehead atoms. The monoisotopic (exact) mass is 341 g/mol. The number of rotatable bonds is 6. The first-order valence-corrected chi connectivity index (χ1v) is 9.05. The van der Waals surface area contributed by atoms with Gasteiger partial charge in [0.1, 0.15) is 13.1 Å². The highest BCUT2D eigenvalue weighted by atomic mass is 16.6. The van der Waals surface area contributed by atoms with Crippen LogP contribution in [0, 0.1) is 10.1 Å². The van der Waals surface area contributed by atoms with Crippen molar-refractivity contribution in [1.29, 1.82) is 0 Å². The SMILES string of the molecule is C[NH+](Cc1ccccc1)C1CC[NH+](Cc2ccccc2[N+](=O)[O-])CC1. The summed E-state index contributed by atoms with van der Waals surface area (Å²) in [6, 6.07) is 18.5. The molecule has 2 aromatic rings. The molecule has 2 aromatic carbocycles. The quantitative estimate of drug-likeness (QED) is 0.605. The first kappa shape index (κ1) is 17.6. The van der Waals surface area contributed by atoms with Crippen molar-refractivity contribution in [3.63, 3.8) is 0 Å². The van der Waals surface area contributed by atoms with Gasteiger partial charge in [0.2, 0.25) is 0 Å². The number of nitro groups is 1. The van der Waals surface area contributed by atoms with Gasteiger partial charge in [-0.2, -0.15) is 0 Å². The third-order valence-electron chi connectivity index (χ3n) is 5.34. The Morgan fingerprint density at radius 1 is 1.08 bits per heavy atom. The summed E-state index contributed by atoms with van der Waals surface area (Å²) in [6.45, 7) is 3.98. The first-order valence-electron chi connectivity index (χ1n) is 9.05. The fourth-order valence-corrected chi connectivity index (χ4v) is 3.87. The molecule has 1 aliphatic heterocycles. The van der Waals surface area contributed by atoms with Crippen molar-refractivity contribution in [2.75, 3.05) is 20.1 Å². The molecule has 2 N–H and O–H groups in total. The summed E-state index contributed by atoms with van der Waals surface area (Å²) < 4.78 is 0. The maximum Gasteiger partial charge on any atom is 0.278 e. The Morgan fingerprint density at radius 2 is 1.72 bits per heavy atom. The van der Waals surface area contributed by atoms with E-state index in [9.17, 15) is 10.1 Å². The summed E-state index contributed by atoms with van der Waals surface area (Å²) in [6.07, 6.45) is 2.35. The average molecular weight is 341 g/mol. The number of nitrogens with one attached hydrogen (secondary N) is 2. The van der Waals surface area contributed by atoms with Gasteiger partial charge in [-0.15, -0.1) is 0 Å². The Balaban J connectivity index is 1.53. The second-order valence-electron chi connectivity index (χ2n) is 7.10. The second-order valence-corrected chi connectivity index (χ2v) is 7.10. The van der Waals surface area contributed by atoms with Gasteiger partial charge in [-0.05, 0) is 6.07 Å². The Labute approximate surface area is 149 Å². The van der Waals surface area contributed by atoms with Gasteiger partial charge < -0.3 is 9.80 Å². The molecule has 25 heavy (non-hydrogen) atoms. The zero-order chi connectivity index (χ0) is 17.6. The highest BCUT2D eigenvalue weighted by molar-refractivity contribution is 5.39. The molecule has 0 radical (unpaired) electrons. The Bertz CT molecular complexity index is 697. The van der Waals surface area contributed by atoms with Crippen LogP contribution < -0.4 is 9.80 Å². The van der Waals surface area contributed by atoms with E-state index < -0.39 is 0 Å². The highest BCUT2D eigenvalue weighted by Gasteiger charge is 2.29. The van der Waals surface area contributed by atoms with E-state index in [4.69, 9.17) is 0 Å². The van der Waals surface area contributed by atoms with Crippen molar-refractivity contribution in [3.05, 3.63) is 75.8 Å². The van der Waals surface area contributed by atoms with Gasteiger partial charge in [0.05, 0.1) is 36.7 Å². The van der Waals surface area contributed by atoms with Crippen LogP contribution in [0.1, 0.15) is 24.0 Å². The van der Waals surface area contributed by atoms with Gasteiger partial charge in [0.15, 0.2) is 0 Å². The predicted octanol–water partition coefficient (Wildman–Crippen LogP) is 0.857. The van der Waals surface area contributed by atoms with Crippen LogP contribution in [0.3, 0.4) is 0 Å². The van der Waals surface area contributed by atoms with Gasteiger partial charge in [0.25, 0.3) is 5.69 Å². The van der Waals surface area contributed by atoms with Crippen molar-refractivity contribution in [3.8, 4) is 0 Å². The van der Waals surface area contributed by atoms with Crippen molar-refractivity contribution in [2.24, 2.45) is 0 Å². The number of nitro benzene ring substituents is 1. The molecule has 0 saturated carbocycles. The third-order valence-corrected chi connectivity index (χ3v) is 5.34. The van der Waals surface area contributed by atoms with Crippen molar-refractivity contribution in [2.45, 2.75) is 32.0 Å². The second kappa shape index (κ2) is 8.23. The fraction of sp³-hybridized carbons (Fsp3) is 0.400. The lowest BCUT2D eigenvalue weighted by atomic mass is 10.0. The van der Waals surface area contributed by atoms with E-state index in [2.05, 4.69) is 37.4 Å². The molecule has 5 heteroatoms. The number of hydrogen-bond donors (Lipinski definition) is 2. The minimum atomic E-state index is -0.265. The molecule has 1 fully saturated rings. The van der Waals surface area contributed by atoms with E-state index in [1.807, 2.05) is 12.1 Å². The van der Waals surface area contributed by atoms with Crippen LogP contribution in [0.5, 0.6) is 0 Å². The van der Waals surface area contributed by atoms with Crippen molar-refractivity contribution >= 4 is 5.69 Å². The number of hydrogen-bond acceptors (Lipinski definition) is 2. The predicted molar refractivity (Wildman–Crippen MR) is 97.6 cm³/mol. The number of piperidine rings is 1. The standard InChI is InChI=1S/C20H25N3O2/c1-21(15-17-7-3-2-4-8-17)19-11-13-22(14-12-19)16-18-9-5-6-10-20(18)23(24)25/h2-10,19H,11-16H2,1H3/p+2. The van der Waals surface area contributed by atoms with Gasteiger partial charge in [-0.3, -0.25) is 10.1 Å². The summed E-state index contributed by atoms with van der Waals surface area (Å²) in [5, 5.41) is 11.2. The molecule has 0 aromatic heterocycles. The van der Waals surface area contributed by atoms with Crippen LogP contribution in [-0.4, -0.2) is 31.1 Å². The molecule has 1 saturated heterocycles. The van der Waals surface area contributed by atoms with Crippen LogP contribution in [0.25, 0.3) is 0 Å². The molecule has 1 unspecified atom stereocenters. The Morgan fingerprint density at radius 3 is 2.40 bits per heavy atom. The molecular formula is C20H27N3O2+2. The maximum atomic E-state index is 11.2. The fourth-order valence-electron chi connectivity index (χ4n) is 3.87. The largest absolute Gasteiger partial charge is 0.331 e.